The molecule has 0 saturated heterocycles. The highest BCUT2D eigenvalue weighted by molar-refractivity contribution is 5.75. The average Bonchev–Trinajstić information content (AvgIpc) is 2.19. The molecule has 3 N–H and O–H groups in total. The van der Waals surface area contributed by atoms with Crippen LogP contribution in [0, 0.1) is 0 Å². The molecule has 1 amide bonds. The number of hydrazine groups is 1. The van der Waals surface area contributed by atoms with Crippen LogP contribution in [0.4, 0.5) is 0 Å². The van der Waals surface area contributed by atoms with Crippen LogP contribution in [0.2, 0.25) is 0 Å². The van der Waals surface area contributed by atoms with Crippen molar-refractivity contribution in [3.63, 3.8) is 0 Å². The first-order chi connectivity index (χ1) is 6.74. The SMILES string of the molecule is CN(NC1CCCCC1)C(=O)CCN. The summed E-state index contributed by atoms with van der Waals surface area (Å²) >= 11 is 0. The van der Waals surface area contributed by atoms with Gasteiger partial charge in [-0.25, -0.2) is 5.43 Å². The second-order valence-corrected chi connectivity index (χ2v) is 3.96. The first-order valence-electron chi connectivity index (χ1n) is 5.47. The van der Waals surface area contributed by atoms with Gasteiger partial charge in [0, 0.05) is 26.1 Å². The third-order valence-electron chi connectivity index (χ3n) is 2.71. The van der Waals surface area contributed by atoms with Gasteiger partial charge in [0.2, 0.25) is 5.91 Å². The van der Waals surface area contributed by atoms with Crippen molar-refractivity contribution < 1.29 is 4.79 Å². The molecule has 0 heterocycles. The normalized spacial score (nSPS) is 18.1. The largest absolute Gasteiger partial charge is 0.330 e. The van der Waals surface area contributed by atoms with E-state index in [9.17, 15) is 4.79 Å². The molecule has 0 atom stereocenters. The summed E-state index contributed by atoms with van der Waals surface area (Å²) in [5, 5.41) is 1.60. The Hall–Kier alpha value is -0.610. The van der Waals surface area contributed by atoms with Gasteiger partial charge in [0.1, 0.15) is 0 Å². The third-order valence-corrected chi connectivity index (χ3v) is 2.71. The molecule has 0 bridgehead atoms. The zero-order chi connectivity index (χ0) is 10.4. The van der Waals surface area contributed by atoms with E-state index in [4.69, 9.17) is 5.73 Å². The standard InChI is InChI=1S/C10H21N3O/c1-13(10(14)7-8-11)12-9-5-3-2-4-6-9/h9,12H,2-8,11H2,1H3. The summed E-state index contributed by atoms with van der Waals surface area (Å²) in [6.45, 7) is 0.426. The number of nitrogens with two attached hydrogens (primary N) is 1. The lowest BCUT2D eigenvalue weighted by Gasteiger charge is -2.28. The summed E-state index contributed by atoms with van der Waals surface area (Å²) in [5.74, 6) is 0.0815. The van der Waals surface area contributed by atoms with Gasteiger partial charge in [-0.1, -0.05) is 19.3 Å². The van der Waals surface area contributed by atoms with Gasteiger partial charge in [0.15, 0.2) is 0 Å². The summed E-state index contributed by atoms with van der Waals surface area (Å²) < 4.78 is 0. The van der Waals surface area contributed by atoms with Gasteiger partial charge in [-0.3, -0.25) is 9.80 Å². The smallest absolute Gasteiger partial charge is 0.237 e. The van der Waals surface area contributed by atoms with Crippen molar-refractivity contribution in [3.8, 4) is 0 Å². The van der Waals surface area contributed by atoms with Crippen LogP contribution in [0.3, 0.4) is 0 Å². The number of carbonyl (C=O) groups excluding carboxylic acids is 1. The lowest BCUT2D eigenvalue weighted by molar-refractivity contribution is -0.133. The van der Waals surface area contributed by atoms with Gasteiger partial charge in [-0.15, -0.1) is 0 Å². The Morgan fingerprint density at radius 1 is 1.43 bits per heavy atom. The maximum absolute atomic E-state index is 11.4. The summed E-state index contributed by atoms with van der Waals surface area (Å²) in [4.78, 5) is 11.4. The van der Waals surface area contributed by atoms with E-state index in [-0.39, 0.29) is 5.91 Å². The number of hydrogen-bond donors (Lipinski definition) is 2. The highest BCUT2D eigenvalue weighted by Crippen LogP contribution is 2.17. The molecular weight excluding hydrogens is 178 g/mol. The Morgan fingerprint density at radius 3 is 2.64 bits per heavy atom. The van der Waals surface area contributed by atoms with E-state index >= 15 is 0 Å². The predicted molar refractivity (Wildman–Crippen MR) is 56.5 cm³/mol. The molecule has 1 rings (SSSR count). The van der Waals surface area contributed by atoms with Crippen molar-refractivity contribution in [1.29, 1.82) is 0 Å². The number of hydrogen-bond acceptors (Lipinski definition) is 3. The van der Waals surface area contributed by atoms with Gasteiger partial charge in [-0.05, 0) is 12.8 Å². The molecule has 0 aliphatic heterocycles. The summed E-state index contributed by atoms with van der Waals surface area (Å²) in [5.41, 5.74) is 8.56. The number of rotatable bonds is 4. The van der Waals surface area contributed by atoms with E-state index in [0.717, 1.165) is 0 Å². The molecule has 82 valence electrons. The molecule has 4 heteroatoms. The van der Waals surface area contributed by atoms with E-state index in [1.807, 2.05) is 0 Å². The van der Waals surface area contributed by atoms with Crippen molar-refractivity contribution >= 4 is 5.91 Å². The lowest BCUT2D eigenvalue weighted by atomic mass is 9.96. The van der Waals surface area contributed by atoms with Crippen LogP contribution in [0.25, 0.3) is 0 Å². The Labute approximate surface area is 85.8 Å². The van der Waals surface area contributed by atoms with Crippen LogP contribution in [0.5, 0.6) is 0 Å². The second-order valence-electron chi connectivity index (χ2n) is 3.96. The van der Waals surface area contributed by atoms with Crippen molar-refractivity contribution in [1.82, 2.24) is 10.4 Å². The molecule has 4 nitrogen and oxygen atoms in total. The van der Waals surface area contributed by atoms with Gasteiger partial charge in [-0.2, -0.15) is 0 Å². The third kappa shape index (κ3) is 3.64. The fraction of sp³-hybridized carbons (Fsp3) is 0.900. The summed E-state index contributed by atoms with van der Waals surface area (Å²) in [7, 11) is 1.78. The number of carbonyl (C=O) groups is 1. The lowest BCUT2D eigenvalue weighted by Crippen LogP contribution is -2.46. The molecule has 1 saturated carbocycles. The average molecular weight is 199 g/mol. The molecule has 0 spiro atoms. The van der Waals surface area contributed by atoms with Crippen LogP contribution < -0.4 is 11.2 Å². The van der Waals surface area contributed by atoms with E-state index in [1.54, 1.807) is 12.1 Å². The molecule has 0 aromatic carbocycles. The minimum atomic E-state index is 0.0815. The Balaban J connectivity index is 2.24. The van der Waals surface area contributed by atoms with Crippen LogP contribution in [-0.2, 0) is 4.79 Å². The molecule has 1 aliphatic rings. The first kappa shape index (κ1) is 11.5. The van der Waals surface area contributed by atoms with Crippen molar-refractivity contribution in [2.75, 3.05) is 13.6 Å². The van der Waals surface area contributed by atoms with Gasteiger partial charge < -0.3 is 5.73 Å². The van der Waals surface area contributed by atoms with Crippen molar-refractivity contribution in [2.24, 2.45) is 5.73 Å². The second kappa shape index (κ2) is 5.98. The summed E-state index contributed by atoms with van der Waals surface area (Å²) in [6, 6.07) is 0.482. The van der Waals surface area contributed by atoms with E-state index in [1.165, 1.54) is 32.1 Å². The van der Waals surface area contributed by atoms with Crippen LogP contribution in [0.15, 0.2) is 0 Å². The minimum Gasteiger partial charge on any atom is -0.330 e. The monoisotopic (exact) mass is 199 g/mol. The maximum Gasteiger partial charge on any atom is 0.237 e. The molecule has 1 aliphatic carbocycles. The Kier molecular flexibility index (Phi) is 4.90. The molecule has 1 fully saturated rings. The van der Waals surface area contributed by atoms with Gasteiger partial charge in [0.05, 0.1) is 0 Å². The molecule has 14 heavy (non-hydrogen) atoms. The molecule has 0 radical (unpaired) electrons. The zero-order valence-corrected chi connectivity index (χ0v) is 8.96. The van der Waals surface area contributed by atoms with Crippen LogP contribution in [-0.4, -0.2) is 30.6 Å². The minimum absolute atomic E-state index is 0.0815. The van der Waals surface area contributed by atoms with E-state index in [2.05, 4.69) is 5.43 Å². The number of amides is 1. The summed E-state index contributed by atoms with van der Waals surface area (Å²) in [6.07, 6.45) is 6.67. The van der Waals surface area contributed by atoms with Crippen molar-refractivity contribution in [2.45, 2.75) is 44.6 Å². The van der Waals surface area contributed by atoms with E-state index in [0.29, 0.717) is 19.0 Å². The topological polar surface area (TPSA) is 58.4 Å². The maximum atomic E-state index is 11.4. The Bertz CT molecular complexity index is 178. The molecule has 0 aromatic heterocycles. The molecule has 0 aromatic rings. The predicted octanol–water partition coefficient (Wildman–Crippen LogP) is 0.631. The van der Waals surface area contributed by atoms with Crippen LogP contribution in [0.1, 0.15) is 38.5 Å². The first-order valence-corrected chi connectivity index (χ1v) is 5.47. The number of nitrogens with one attached hydrogen (secondary N) is 1. The fourth-order valence-electron chi connectivity index (χ4n) is 1.87. The number of nitrogens with zero attached hydrogens (tertiary/aromatic N) is 1. The van der Waals surface area contributed by atoms with Crippen LogP contribution >= 0.6 is 0 Å². The van der Waals surface area contributed by atoms with Gasteiger partial charge >= 0.3 is 0 Å². The van der Waals surface area contributed by atoms with Crippen molar-refractivity contribution in [3.05, 3.63) is 0 Å². The molecule has 0 unspecified atom stereocenters. The molecular formula is C10H21N3O. The highest BCUT2D eigenvalue weighted by Gasteiger charge is 2.16. The Morgan fingerprint density at radius 2 is 2.07 bits per heavy atom. The van der Waals surface area contributed by atoms with Gasteiger partial charge in [0.25, 0.3) is 0 Å². The fourth-order valence-corrected chi connectivity index (χ4v) is 1.87. The zero-order valence-electron chi connectivity index (χ0n) is 8.96. The van der Waals surface area contributed by atoms with E-state index < -0.39 is 0 Å². The highest BCUT2D eigenvalue weighted by atomic mass is 16.2. The quantitative estimate of drug-likeness (QED) is 0.653.